The van der Waals surface area contributed by atoms with Gasteiger partial charge in [0, 0.05) is 42.1 Å². The summed E-state index contributed by atoms with van der Waals surface area (Å²) in [5, 5.41) is 4.20. The third kappa shape index (κ3) is 2.62. The highest BCUT2D eigenvalue weighted by atomic mass is 32.1. The van der Waals surface area contributed by atoms with Crippen LogP contribution in [-0.4, -0.2) is 49.2 Å². The van der Waals surface area contributed by atoms with Crippen molar-refractivity contribution in [3.63, 3.8) is 0 Å². The van der Waals surface area contributed by atoms with E-state index in [1.54, 1.807) is 23.1 Å². The average Bonchev–Trinajstić information content (AvgIpc) is 3.10. The highest BCUT2D eigenvalue weighted by Gasteiger charge is 2.19. The summed E-state index contributed by atoms with van der Waals surface area (Å²) >= 11 is 4.19. The van der Waals surface area contributed by atoms with Gasteiger partial charge in [-0.25, -0.2) is 19.5 Å². The molecule has 4 rings (SSSR count). The van der Waals surface area contributed by atoms with Crippen LogP contribution in [0.1, 0.15) is 5.69 Å². The lowest BCUT2D eigenvalue weighted by molar-refractivity contribution is 0.867. The summed E-state index contributed by atoms with van der Waals surface area (Å²) < 4.78 is 2.28. The maximum absolute atomic E-state index is 5.83. The monoisotopic (exact) mass is 331 g/mol. The summed E-state index contributed by atoms with van der Waals surface area (Å²) in [7, 11) is 11.7. The van der Waals surface area contributed by atoms with Gasteiger partial charge in [-0.2, -0.15) is 12.6 Å². The van der Waals surface area contributed by atoms with Crippen LogP contribution in [-0.2, 0) is 6.42 Å². The molecule has 4 radical (unpaired) electrons. The summed E-state index contributed by atoms with van der Waals surface area (Å²) in [6, 6.07) is 1.92. The smallest absolute Gasteiger partial charge is 0.238 e. The first-order chi connectivity index (χ1) is 11.4. The molecule has 4 aromatic heterocycles. The zero-order valence-corrected chi connectivity index (χ0v) is 13.4. The first kappa shape index (κ1) is 15.1. The largest absolute Gasteiger partial charge is 0.367 e. The van der Waals surface area contributed by atoms with Crippen LogP contribution in [0.15, 0.2) is 37.1 Å². The van der Waals surface area contributed by atoms with E-state index in [0.717, 1.165) is 16.6 Å². The van der Waals surface area contributed by atoms with Gasteiger partial charge in [-0.1, -0.05) is 4.55 Å². The highest BCUT2D eigenvalue weighted by Crippen LogP contribution is 2.29. The molecule has 0 aromatic carbocycles. The number of anilines is 1. The van der Waals surface area contributed by atoms with E-state index in [0.29, 0.717) is 11.5 Å². The van der Waals surface area contributed by atoms with E-state index in [1.807, 2.05) is 22.9 Å². The maximum Gasteiger partial charge on any atom is 0.238 e. The van der Waals surface area contributed by atoms with Crippen molar-refractivity contribution < 1.29 is 0 Å². The summed E-state index contributed by atoms with van der Waals surface area (Å²) in [4.78, 5) is 12.8. The lowest BCUT2D eigenvalue weighted by Crippen LogP contribution is -2.26. The Kier molecular flexibility index (Phi) is 3.31. The van der Waals surface area contributed by atoms with E-state index < -0.39 is 4.55 Å². The predicted octanol–water partition coefficient (Wildman–Crippen LogP) is 0.484. The number of hydrogen-bond donors (Lipinski definition) is 2. The van der Waals surface area contributed by atoms with Crippen LogP contribution in [0.2, 0.25) is 0 Å². The first-order valence-electron chi connectivity index (χ1n) is 7.14. The molecule has 0 fully saturated rings. The molecular formula is C14H11B2N7S. The number of imidazole rings is 1. The Morgan fingerprint density at radius 2 is 2.08 bits per heavy atom. The molecule has 0 aliphatic rings. The number of thiol groups is 1. The Labute approximate surface area is 145 Å². The van der Waals surface area contributed by atoms with Gasteiger partial charge < -0.3 is 5.73 Å². The Hall–Kier alpha value is -2.48. The lowest BCUT2D eigenvalue weighted by Gasteiger charge is -2.18. The molecule has 24 heavy (non-hydrogen) atoms. The van der Waals surface area contributed by atoms with Crippen molar-refractivity contribution in [2.75, 3.05) is 5.73 Å². The Morgan fingerprint density at radius 1 is 1.25 bits per heavy atom. The van der Waals surface area contributed by atoms with Crippen molar-refractivity contribution >= 4 is 45.6 Å². The molecule has 0 unspecified atom stereocenters. The second-order valence-electron chi connectivity index (χ2n) is 5.58. The number of aromatic nitrogens is 6. The van der Waals surface area contributed by atoms with Gasteiger partial charge in [0.1, 0.15) is 0 Å². The van der Waals surface area contributed by atoms with Gasteiger partial charge in [-0.15, -0.1) is 5.10 Å². The fourth-order valence-electron chi connectivity index (χ4n) is 2.70. The van der Waals surface area contributed by atoms with E-state index in [9.17, 15) is 0 Å². The quantitative estimate of drug-likeness (QED) is 0.421. The molecule has 0 bridgehead atoms. The first-order valence-corrected chi connectivity index (χ1v) is 7.58. The van der Waals surface area contributed by atoms with Crippen molar-refractivity contribution in [2.24, 2.45) is 0 Å². The van der Waals surface area contributed by atoms with Crippen LogP contribution >= 0.6 is 12.6 Å². The molecule has 0 amide bonds. The Balaban J connectivity index is 1.95. The fourth-order valence-corrected chi connectivity index (χ4v) is 2.85. The van der Waals surface area contributed by atoms with Crippen LogP contribution in [0.3, 0.4) is 0 Å². The van der Waals surface area contributed by atoms with E-state index in [2.05, 4.69) is 32.7 Å². The molecule has 10 heteroatoms. The van der Waals surface area contributed by atoms with E-state index in [4.69, 9.17) is 21.4 Å². The van der Waals surface area contributed by atoms with E-state index in [-0.39, 0.29) is 12.4 Å². The van der Waals surface area contributed by atoms with Gasteiger partial charge in [0.2, 0.25) is 11.7 Å². The minimum absolute atomic E-state index is 0.139. The molecule has 0 aliphatic carbocycles. The zero-order chi connectivity index (χ0) is 16.9. The Morgan fingerprint density at radius 3 is 2.88 bits per heavy atom. The molecule has 0 saturated heterocycles. The normalized spacial score (nSPS) is 12.2. The minimum Gasteiger partial charge on any atom is -0.367 e. The second kappa shape index (κ2) is 5.27. The van der Waals surface area contributed by atoms with Crippen molar-refractivity contribution in [3.8, 4) is 11.1 Å². The molecule has 0 saturated carbocycles. The van der Waals surface area contributed by atoms with Crippen LogP contribution < -0.4 is 5.73 Å². The number of nitrogen functional groups attached to an aromatic ring is 1. The van der Waals surface area contributed by atoms with Crippen LogP contribution in [0.25, 0.3) is 22.4 Å². The summed E-state index contributed by atoms with van der Waals surface area (Å²) in [6.07, 6.45) is 9.23. The zero-order valence-electron chi connectivity index (χ0n) is 12.5. The van der Waals surface area contributed by atoms with Gasteiger partial charge in [0.05, 0.1) is 26.9 Å². The van der Waals surface area contributed by atoms with Crippen molar-refractivity contribution in [2.45, 2.75) is 11.0 Å². The number of rotatable bonds is 3. The second-order valence-corrected chi connectivity index (χ2v) is 6.42. The molecule has 2 N–H and O–H groups in total. The molecule has 114 valence electrons. The van der Waals surface area contributed by atoms with Gasteiger partial charge in [-0.05, 0) is 12.5 Å². The Bertz CT molecular complexity index is 1050. The number of nitrogens with two attached hydrogens (primary N) is 1. The van der Waals surface area contributed by atoms with Crippen molar-refractivity contribution in [3.05, 3.63) is 42.7 Å². The molecule has 0 spiro atoms. The van der Waals surface area contributed by atoms with Crippen LogP contribution in [0, 0.1) is 0 Å². The summed E-state index contributed by atoms with van der Waals surface area (Å²) in [5.41, 5.74) is 8.94. The molecule has 0 aliphatic heterocycles. The average molecular weight is 331 g/mol. The van der Waals surface area contributed by atoms with E-state index in [1.165, 1.54) is 0 Å². The van der Waals surface area contributed by atoms with Gasteiger partial charge in [-0.3, -0.25) is 4.40 Å². The van der Waals surface area contributed by atoms with E-state index >= 15 is 0 Å². The standard InChI is InChI=1S/C14H11B2N7S/c15-14(16,24)5-10-11-9(1-3-23(11)21-12(17)20-10)8-6-19-13-18-2-4-22(13)7-8/h1-4,6-7,24H,5H2,(H2,17,21). The van der Waals surface area contributed by atoms with Gasteiger partial charge in [0.25, 0.3) is 0 Å². The topological polar surface area (TPSA) is 86.4 Å². The third-order valence-corrected chi connectivity index (χ3v) is 3.76. The number of hydrogen-bond acceptors (Lipinski definition) is 6. The highest BCUT2D eigenvalue weighted by molar-refractivity contribution is 7.84. The summed E-state index contributed by atoms with van der Waals surface area (Å²) in [6.45, 7) is 0. The van der Waals surface area contributed by atoms with Crippen molar-refractivity contribution in [1.82, 2.24) is 29.0 Å². The van der Waals surface area contributed by atoms with Gasteiger partial charge >= 0.3 is 0 Å². The molecule has 4 aromatic rings. The SMILES string of the molecule is [B]C([B])(S)Cc1nc(N)nn2ccc(-c3cnc4nccn4c3)c12. The van der Waals surface area contributed by atoms with Gasteiger partial charge in [0.15, 0.2) is 0 Å². The van der Waals surface area contributed by atoms with Crippen molar-refractivity contribution in [1.29, 1.82) is 0 Å². The fraction of sp³-hybridized carbons (Fsp3) is 0.143. The number of fused-ring (bicyclic) bond motifs is 2. The predicted molar refractivity (Wildman–Crippen MR) is 96.3 cm³/mol. The summed E-state index contributed by atoms with van der Waals surface area (Å²) in [5.74, 6) is 0.765. The molecule has 4 heterocycles. The lowest BCUT2D eigenvalue weighted by atomic mass is 9.67. The van der Waals surface area contributed by atoms with Crippen LogP contribution in [0.4, 0.5) is 5.95 Å². The number of nitrogens with zero attached hydrogens (tertiary/aromatic N) is 6. The molecular weight excluding hydrogens is 320 g/mol. The minimum atomic E-state index is -1.21. The molecule has 0 atom stereocenters. The third-order valence-electron chi connectivity index (χ3n) is 3.61. The maximum atomic E-state index is 5.83. The van der Waals surface area contributed by atoms with Crippen LogP contribution in [0.5, 0.6) is 0 Å². The molecule has 7 nitrogen and oxygen atoms in total.